The Morgan fingerprint density at radius 3 is 2.57 bits per heavy atom. The lowest BCUT2D eigenvalue weighted by Gasteiger charge is -2.11. The van der Waals surface area contributed by atoms with E-state index in [9.17, 15) is 4.79 Å². The summed E-state index contributed by atoms with van der Waals surface area (Å²) in [5, 5.41) is 10.1. The Morgan fingerprint density at radius 2 is 1.86 bits per heavy atom. The monoisotopic (exact) mass is 491 g/mol. The first-order valence-electron chi connectivity index (χ1n) is 11.6. The Balaban J connectivity index is 0.000000223. The summed E-state index contributed by atoms with van der Waals surface area (Å²) < 4.78 is 10.9. The molecule has 1 amide bonds. The number of nitrogens with one attached hydrogen (secondary N) is 1. The largest absolute Gasteiger partial charge is 0.493 e. The van der Waals surface area contributed by atoms with Gasteiger partial charge in [0.25, 0.3) is 5.91 Å². The molecule has 0 spiro atoms. The fraction of sp³-hybridized carbons (Fsp3) is 0.250. The standard InChI is InChI=1S/C17H20N2O2S.C11H13NO/c1-3-9-21-16-8-7-13(11-15(16)17(18)20)12-5-4-6-14(10-12)19-22-2;1-12-8-9(6-7-13)10-4-2-3-5-11(10)12/h4-8,10-11,19H,3,9H2,1-2H3,(H2,18,20);2-5,8,13H,6-7H2,1H3. The number of carbonyl (C=O) groups is 1. The summed E-state index contributed by atoms with van der Waals surface area (Å²) in [5.74, 6) is 0.0582. The number of para-hydroxylation sites is 1. The second-order valence-electron chi connectivity index (χ2n) is 8.07. The van der Waals surface area contributed by atoms with Gasteiger partial charge in [0.15, 0.2) is 0 Å². The molecule has 3 aromatic carbocycles. The zero-order valence-corrected chi connectivity index (χ0v) is 21.3. The minimum absolute atomic E-state index is 0.216. The molecule has 0 saturated heterocycles. The third-order valence-electron chi connectivity index (χ3n) is 5.48. The van der Waals surface area contributed by atoms with Gasteiger partial charge in [-0.05, 0) is 59.9 Å². The fourth-order valence-electron chi connectivity index (χ4n) is 3.87. The van der Waals surface area contributed by atoms with Crippen molar-refractivity contribution in [3.05, 3.63) is 84.1 Å². The molecule has 6 nitrogen and oxygen atoms in total. The minimum atomic E-state index is -0.480. The van der Waals surface area contributed by atoms with E-state index in [-0.39, 0.29) is 6.61 Å². The fourth-order valence-corrected chi connectivity index (χ4v) is 4.23. The average molecular weight is 492 g/mol. The number of nitrogens with zero attached hydrogens (tertiary/aromatic N) is 1. The van der Waals surface area contributed by atoms with Gasteiger partial charge in [0.2, 0.25) is 0 Å². The predicted octanol–water partition coefficient (Wildman–Crippen LogP) is 5.64. The number of aromatic nitrogens is 1. The van der Waals surface area contributed by atoms with Crippen LogP contribution >= 0.6 is 11.9 Å². The van der Waals surface area contributed by atoms with Crippen molar-refractivity contribution < 1.29 is 14.6 Å². The maximum absolute atomic E-state index is 11.7. The third kappa shape index (κ3) is 6.81. The van der Waals surface area contributed by atoms with Crippen LogP contribution in [0.15, 0.2) is 72.9 Å². The molecule has 4 N–H and O–H groups in total. The van der Waals surface area contributed by atoms with Crippen molar-refractivity contribution in [3.8, 4) is 16.9 Å². The Morgan fingerprint density at radius 1 is 1.09 bits per heavy atom. The highest BCUT2D eigenvalue weighted by atomic mass is 32.2. The van der Waals surface area contributed by atoms with E-state index in [0.717, 1.165) is 29.7 Å². The highest BCUT2D eigenvalue weighted by molar-refractivity contribution is 7.99. The molecular formula is C28H33N3O3S. The summed E-state index contributed by atoms with van der Waals surface area (Å²) in [6, 6.07) is 21.8. The lowest BCUT2D eigenvalue weighted by molar-refractivity contribution is 0.0996. The zero-order chi connectivity index (χ0) is 25.2. The van der Waals surface area contributed by atoms with Crippen LogP contribution in [0, 0.1) is 0 Å². The number of hydrogen-bond acceptors (Lipinski definition) is 5. The number of benzene rings is 3. The molecule has 0 aliphatic heterocycles. The predicted molar refractivity (Wildman–Crippen MR) is 147 cm³/mol. The second kappa shape index (κ2) is 12.9. The highest BCUT2D eigenvalue weighted by Crippen LogP contribution is 2.29. The van der Waals surface area contributed by atoms with Crippen LogP contribution in [0.5, 0.6) is 5.75 Å². The number of nitrogens with two attached hydrogens (primary N) is 1. The molecule has 184 valence electrons. The maximum atomic E-state index is 11.7. The lowest BCUT2D eigenvalue weighted by atomic mass is 10.0. The zero-order valence-electron chi connectivity index (χ0n) is 20.5. The van der Waals surface area contributed by atoms with E-state index in [1.807, 2.05) is 62.7 Å². The number of hydrogen-bond donors (Lipinski definition) is 3. The molecule has 0 radical (unpaired) electrons. The molecule has 1 aromatic heterocycles. The summed E-state index contributed by atoms with van der Waals surface area (Å²) in [7, 11) is 2.03. The van der Waals surface area contributed by atoms with Crippen molar-refractivity contribution in [3.63, 3.8) is 0 Å². The van der Waals surface area contributed by atoms with Crippen molar-refractivity contribution in [1.82, 2.24) is 4.57 Å². The molecule has 0 aliphatic carbocycles. The third-order valence-corrected chi connectivity index (χ3v) is 5.92. The number of ether oxygens (including phenoxy) is 1. The molecule has 0 atom stereocenters. The van der Waals surface area contributed by atoms with Crippen LogP contribution in [0.1, 0.15) is 29.3 Å². The van der Waals surface area contributed by atoms with Crippen molar-refractivity contribution in [1.29, 1.82) is 0 Å². The summed E-state index contributed by atoms with van der Waals surface area (Å²) >= 11 is 1.53. The average Bonchev–Trinajstić information content (AvgIpc) is 3.19. The van der Waals surface area contributed by atoms with Crippen molar-refractivity contribution >= 4 is 34.4 Å². The number of amides is 1. The first-order chi connectivity index (χ1) is 17.0. The number of fused-ring (bicyclic) bond motifs is 1. The smallest absolute Gasteiger partial charge is 0.252 e. The van der Waals surface area contributed by atoms with Gasteiger partial charge in [-0.25, -0.2) is 0 Å². The van der Waals surface area contributed by atoms with Gasteiger partial charge in [-0.15, -0.1) is 0 Å². The summed E-state index contributed by atoms with van der Waals surface area (Å²) in [4.78, 5) is 11.7. The number of primary amides is 1. The number of carbonyl (C=O) groups excluding carboxylic acids is 1. The van der Waals surface area contributed by atoms with Crippen molar-refractivity contribution in [2.24, 2.45) is 12.8 Å². The molecule has 4 rings (SSSR count). The van der Waals surface area contributed by atoms with Gasteiger partial charge < -0.3 is 24.9 Å². The molecule has 35 heavy (non-hydrogen) atoms. The van der Waals surface area contributed by atoms with Crippen LogP contribution in [0.2, 0.25) is 0 Å². The molecular weight excluding hydrogens is 458 g/mol. The van der Waals surface area contributed by atoms with Gasteiger partial charge in [0.1, 0.15) is 5.75 Å². The van der Waals surface area contributed by atoms with Crippen molar-refractivity contribution in [2.75, 3.05) is 24.2 Å². The molecule has 0 aliphatic rings. The molecule has 7 heteroatoms. The topological polar surface area (TPSA) is 89.5 Å². The van der Waals surface area contributed by atoms with Gasteiger partial charge in [-0.2, -0.15) is 0 Å². The van der Waals surface area contributed by atoms with Crippen LogP contribution in [0.3, 0.4) is 0 Å². The van der Waals surface area contributed by atoms with Gasteiger partial charge in [0.05, 0.1) is 12.2 Å². The van der Waals surface area contributed by atoms with Crippen LogP contribution in [0.4, 0.5) is 5.69 Å². The highest BCUT2D eigenvalue weighted by Gasteiger charge is 2.12. The Bertz CT molecular complexity index is 1270. The van der Waals surface area contributed by atoms with Gasteiger partial charge in [-0.3, -0.25) is 4.79 Å². The summed E-state index contributed by atoms with van der Waals surface area (Å²) in [6.07, 6.45) is 5.67. The number of anilines is 1. The molecule has 4 aromatic rings. The first-order valence-corrected chi connectivity index (χ1v) is 12.8. The Kier molecular flexibility index (Phi) is 9.64. The molecule has 1 heterocycles. The number of aliphatic hydroxyl groups excluding tert-OH is 1. The van der Waals surface area contributed by atoms with Gasteiger partial charge in [-0.1, -0.05) is 55.3 Å². The van der Waals surface area contributed by atoms with E-state index in [1.54, 1.807) is 12.1 Å². The Labute approximate surface area is 211 Å². The quantitative estimate of drug-likeness (QED) is 0.264. The Hall–Kier alpha value is -3.42. The van der Waals surface area contributed by atoms with E-state index in [1.165, 1.54) is 28.4 Å². The normalized spacial score (nSPS) is 10.5. The van der Waals surface area contributed by atoms with Gasteiger partial charge >= 0.3 is 0 Å². The van der Waals surface area contributed by atoms with Crippen LogP contribution in [0.25, 0.3) is 22.0 Å². The van der Waals surface area contributed by atoms with E-state index in [2.05, 4.69) is 27.6 Å². The van der Waals surface area contributed by atoms with E-state index in [0.29, 0.717) is 17.9 Å². The molecule has 0 fully saturated rings. The molecule has 0 unspecified atom stereocenters. The minimum Gasteiger partial charge on any atom is -0.493 e. The summed E-state index contributed by atoms with van der Waals surface area (Å²) in [6.45, 7) is 2.79. The number of rotatable bonds is 9. The van der Waals surface area contributed by atoms with Crippen LogP contribution in [-0.4, -0.2) is 35.1 Å². The summed E-state index contributed by atoms with van der Waals surface area (Å²) in [5.41, 5.74) is 11.3. The van der Waals surface area contributed by atoms with E-state index < -0.39 is 5.91 Å². The van der Waals surface area contributed by atoms with E-state index in [4.69, 9.17) is 15.6 Å². The number of aryl methyl sites for hydroxylation is 1. The van der Waals surface area contributed by atoms with E-state index >= 15 is 0 Å². The van der Waals surface area contributed by atoms with Crippen LogP contribution in [-0.2, 0) is 13.5 Å². The number of aliphatic hydroxyl groups is 1. The molecule has 0 saturated carbocycles. The first kappa shape index (κ1) is 26.2. The maximum Gasteiger partial charge on any atom is 0.252 e. The lowest BCUT2D eigenvalue weighted by Crippen LogP contribution is -2.13. The van der Waals surface area contributed by atoms with Crippen molar-refractivity contribution in [2.45, 2.75) is 19.8 Å². The second-order valence-corrected chi connectivity index (χ2v) is 8.68. The SMILES string of the molecule is CCCOc1ccc(-c2cccc(NSC)c2)cc1C(N)=O.Cn1cc(CCO)c2ccccc21. The molecule has 0 bridgehead atoms. The van der Waals surface area contributed by atoms with Gasteiger partial charge in [0, 0.05) is 42.7 Å². The van der Waals surface area contributed by atoms with Crippen LogP contribution < -0.4 is 15.2 Å².